The number of nitrogens with two attached hydrogens (primary N) is 2. The van der Waals surface area contributed by atoms with Crippen LogP contribution in [0.4, 0.5) is 0 Å². The van der Waals surface area contributed by atoms with Crippen molar-refractivity contribution < 1.29 is 0 Å². The van der Waals surface area contributed by atoms with Crippen molar-refractivity contribution >= 4 is 33.9 Å². The van der Waals surface area contributed by atoms with Crippen molar-refractivity contribution in [2.24, 2.45) is 16.5 Å². The third-order valence-corrected chi connectivity index (χ3v) is 1.60. The lowest BCUT2D eigenvalue weighted by Gasteiger charge is -2.03. The van der Waals surface area contributed by atoms with Crippen LogP contribution >= 0.6 is 27.9 Å². The Morgan fingerprint density at radius 3 is 2.64 bits per heavy atom. The number of halogens is 2. The molecule has 0 atom stereocenters. The van der Waals surface area contributed by atoms with Gasteiger partial charge in [-0.25, -0.2) is 0 Å². The smallest absolute Gasteiger partial charge is 0.216 e. The average Bonchev–Trinajstić information content (AvgIpc) is 1.97. The Balaban J connectivity index is 3.40. The first kappa shape index (κ1) is 11.0. The first-order chi connectivity index (χ1) is 5.18. The Morgan fingerprint density at radius 2 is 2.18 bits per heavy atom. The van der Waals surface area contributed by atoms with Gasteiger partial charge >= 0.3 is 0 Å². The van der Waals surface area contributed by atoms with Gasteiger partial charge in [0.25, 0.3) is 0 Å². The summed E-state index contributed by atoms with van der Waals surface area (Å²) in [6.45, 7) is 1.35. The number of hydrogen-bond acceptors (Lipinski definition) is 2. The van der Waals surface area contributed by atoms with Crippen LogP contribution in [-0.2, 0) is 0 Å². The maximum atomic E-state index is 5.41. The monoisotopic (exact) mass is 242 g/mol. The molecule has 0 aliphatic rings. The SMILES string of the molecule is NCCCCN=C(N)N(Cl)Br. The summed E-state index contributed by atoms with van der Waals surface area (Å²) in [5.41, 5.74) is 10.6. The van der Waals surface area contributed by atoms with E-state index in [1.807, 2.05) is 0 Å². The van der Waals surface area contributed by atoms with Crippen LogP contribution in [0, 0.1) is 0 Å². The highest BCUT2D eigenvalue weighted by Crippen LogP contribution is 2.00. The summed E-state index contributed by atoms with van der Waals surface area (Å²) < 4.78 is 1.08. The van der Waals surface area contributed by atoms with Gasteiger partial charge in [-0.1, -0.05) is 0 Å². The number of rotatable bonds is 4. The summed E-state index contributed by atoms with van der Waals surface area (Å²) >= 11 is 8.34. The molecular weight excluding hydrogens is 231 g/mol. The lowest BCUT2D eigenvalue weighted by Crippen LogP contribution is -2.22. The van der Waals surface area contributed by atoms with E-state index in [9.17, 15) is 0 Å². The molecule has 0 amide bonds. The lowest BCUT2D eigenvalue weighted by molar-refractivity contribution is 0.751. The molecule has 0 saturated carbocycles. The van der Waals surface area contributed by atoms with Crippen LogP contribution in [0.25, 0.3) is 0 Å². The maximum absolute atomic E-state index is 5.41. The molecule has 4 N–H and O–H groups in total. The van der Waals surface area contributed by atoms with E-state index >= 15 is 0 Å². The van der Waals surface area contributed by atoms with Crippen molar-refractivity contribution in [2.75, 3.05) is 13.1 Å². The van der Waals surface area contributed by atoms with E-state index in [1.165, 1.54) is 0 Å². The number of guanidine groups is 1. The van der Waals surface area contributed by atoms with Crippen molar-refractivity contribution in [3.63, 3.8) is 0 Å². The highest BCUT2D eigenvalue weighted by Gasteiger charge is 1.96. The molecule has 0 fully saturated rings. The maximum Gasteiger partial charge on any atom is 0.216 e. The van der Waals surface area contributed by atoms with E-state index in [0.717, 1.165) is 16.3 Å². The highest BCUT2D eigenvalue weighted by molar-refractivity contribution is 9.08. The zero-order valence-electron chi connectivity index (χ0n) is 6.13. The number of nitrogens with zero attached hydrogens (tertiary/aromatic N) is 2. The summed E-state index contributed by atoms with van der Waals surface area (Å²) in [6, 6.07) is 0. The molecule has 0 aliphatic heterocycles. The Kier molecular flexibility index (Phi) is 6.69. The van der Waals surface area contributed by atoms with E-state index in [1.54, 1.807) is 0 Å². The summed E-state index contributed by atoms with van der Waals surface area (Å²) in [7, 11) is 0. The minimum absolute atomic E-state index is 0.267. The van der Waals surface area contributed by atoms with Crippen LogP contribution in [0.3, 0.4) is 0 Å². The van der Waals surface area contributed by atoms with Crippen molar-refractivity contribution in [1.29, 1.82) is 0 Å². The zero-order valence-corrected chi connectivity index (χ0v) is 8.48. The molecule has 0 saturated heterocycles. The third-order valence-electron chi connectivity index (χ3n) is 1.06. The van der Waals surface area contributed by atoms with Crippen LogP contribution in [0.1, 0.15) is 12.8 Å². The zero-order chi connectivity index (χ0) is 8.69. The molecular formula is C5H12BrClN4. The fraction of sp³-hybridized carbons (Fsp3) is 0.800. The van der Waals surface area contributed by atoms with Gasteiger partial charge in [-0.2, -0.15) is 3.45 Å². The van der Waals surface area contributed by atoms with E-state index in [0.29, 0.717) is 13.1 Å². The summed E-state index contributed by atoms with van der Waals surface area (Å²) in [5, 5.41) is 0. The van der Waals surface area contributed by atoms with E-state index in [-0.39, 0.29) is 5.96 Å². The van der Waals surface area contributed by atoms with Crippen molar-refractivity contribution in [3.05, 3.63) is 0 Å². The van der Waals surface area contributed by atoms with Crippen LogP contribution in [0.15, 0.2) is 4.99 Å². The second kappa shape index (κ2) is 6.69. The second-order valence-corrected chi connectivity index (χ2v) is 3.42. The van der Waals surface area contributed by atoms with Crippen molar-refractivity contribution in [2.45, 2.75) is 12.8 Å². The predicted octanol–water partition coefficient (Wildman–Crippen LogP) is 0.806. The van der Waals surface area contributed by atoms with Crippen LogP contribution in [0.2, 0.25) is 0 Å². The fourth-order valence-electron chi connectivity index (χ4n) is 0.503. The molecule has 0 aromatic carbocycles. The number of hydrogen-bond donors (Lipinski definition) is 2. The quantitative estimate of drug-likeness (QED) is 0.332. The fourth-order valence-corrected chi connectivity index (χ4v) is 0.669. The summed E-state index contributed by atoms with van der Waals surface area (Å²) in [4.78, 5) is 3.95. The van der Waals surface area contributed by atoms with Gasteiger partial charge in [0.1, 0.15) is 0 Å². The predicted molar refractivity (Wildman–Crippen MR) is 51.4 cm³/mol. The van der Waals surface area contributed by atoms with Gasteiger partial charge in [0.15, 0.2) is 0 Å². The molecule has 0 radical (unpaired) electrons. The highest BCUT2D eigenvalue weighted by atomic mass is 79.9. The second-order valence-electron chi connectivity index (χ2n) is 1.97. The van der Waals surface area contributed by atoms with Gasteiger partial charge < -0.3 is 11.5 Å². The molecule has 11 heavy (non-hydrogen) atoms. The molecule has 6 heteroatoms. The van der Waals surface area contributed by atoms with Gasteiger partial charge in [0, 0.05) is 18.3 Å². The first-order valence-corrected chi connectivity index (χ1v) is 4.35. The number of unbranched alkanes of at least 4 members (excludes halogenated alkanes) is 1. The number of aliphatic imine (C=N–C) groups is 1. The largest absolute Gasteiger partial charge is 0.368 e. The van der Waals surface area contributed by atoms with Gasteiger partial charge in [0.05, 0.1) is 16.1 Å². The van der Waals surface area contributed by atoms with Gasteiger partial charge in [0.2, 0.25) is 5.96 Å². The third kappa shape index (κ3) is 6.40. The minimum Gasteiger partial charge on any atom is -0.368 e. The molecule has 0 bridgehead atoms. The van der Waals surface area contributed by atoms with E-state index in [2.05, 4.69) is 21.1 Å². The van der Waals surface area contributed by atoms with Crippen molar-refractivity contribution in [3.8, 4) is 0 Å². The average molecular weight is 244 g/mol. The molecule has 66 valence electrons. The Bertz CT molecular complexity index is 128. The molecule has 0 spiro atoms. The van der Waals surface area contributed by atoms with Crippen molar-refractivity contribution in [1.82, 2.24) is 3.45 Å². The molecule has 4 nitrogen and oxygen atoms in total. The van der Waals surface area contributed by atoms with Crippen LogP contribution in [0.5, 0.6) is 0 Å². The van der Waals surface area contributed by atoms with E-state index < -0.39 is 0 Å². The first-order valence-electron chi connectivity index (χ1n) is 3.30. The molecule has 0 heterocycles. The molecule has 0 rings (SSSR count). The van der Waals surface area contributed by atoms with Gasteiger partial charge in [-0.3, -0.25) is 4.99 Å². The Labute approximate surface area is 80.0 Å². The molecule has 0 aromatic rings. The summed E-state index contributed by atoms with van der Waals surface area (Å²) in [6.07, 6.45) is 1.90. The molecule has 0 unspecified atom stereocenters. The Morgan fingerprint density at radius 1 is 1.55 bits per heavy atom. The molecule has 0 aliphatic carbocycles. The van der Waals surface area contributed by atoms with Gasteiger partial charge in [-0.05, 0) is 19.4 Å². The molecule has 0 aromatic heterocycles. The summed E-state index contributed by atoms with van der Waals surface area (Å²) in [5.74, 6) is 0.267. The standard InChI is InChI=1S/C5H12BrClN4/c6-11(7)5(9)10-4-2-1-3-8/h1-4,8H2,(H2,9,10). The normalized spacial score (nSPS) is 11.7. The van der Waals surface area contributed by atoms with E-state index in [4.69, 9.17) is 23.2 Å². The topological polar surface area (TPSA) is 67.6 Å². The Hall–Kier alpha value is -0.0000000000000000555. The van der Waals surface area contributed by atoms with Crippen LogP contribution < -0.4 is 11.5 Å². The minimum atomic E-state index is 0.267. The van der Waals surface area contributed by atoms with Gasteiger partial charge in [-0.15, -0.1) is 0 Å². The van der Waals surface area contributed by atoms with Crippen LogP contribution in [-0.4, -0.2) is 22.5 Å². The lowest BCUT2D eigenvalue weighted by atomic mass is 10.3.